The van der Waals surface area contributed by atoms with Crippen molar-refractivity contribution in [3.63, 3.8) is 0 Å². The number of hydrogen-bond donors (Lipinski definition) is 1. The molecule has 156 valence electrons. The molecule has 1 fully saturated rings. The number of nitrogens with one attached hydrogen (secondary N) is 1. The molecule has 29 heavy (non-hydrogen) atoms. The summed E-state index contributed by atoms with van der Waals surface area (Å²) in [5.41, 5.74) is 1.82. The number of piperazine rings is 1. The third-order valence-corrected chi connectivity index (χ3v) is 6.57. The van der Waals surface area contributed by atoms with Crippen molar-refractivity contribution in [2.45, 2.75) is 11.3 Å². The second-order valence-electron chi connectivity index (χ2n) is 6.63. The highest BCUT2D eigenvalue weighted by Crippen LogP contribution is 2.28. The Hall–Kier alpha value is -2.17. The molecule has 1 aliphatic heterocycles. The van der Waals surface area contributed by atoms with Crippen molar-refractivity contribution in [3.8, 4) is 0 Å². The predicted molar refractivity (Wildman–Crippen MR) is 115 cm³/mol. The standard InChI is InChI=1S/C19H25N5O3S2/c1-14-4-3-5-15(12-14)17(26)23-7-9-24(10-8-23)18-21-22-19(29-18)28-13-16(25)20-6-11-27-2/h3-5,12H,6-11,13H2,1-2H3,(H,20,25). The van der Waals surface area contributed by atoms with Crippen molar-refractivity contribution in [1.82, 2.24) is 20.4 Å². The van der Waals surface area contributed by atoms with Gasteiger partial charge in [0.1, 0.15) is 0 Å². The summed E-state index contributed by atoms with van der Waals surface area (Å²) in [6.07, 6.45) is 0. The van der Waals surface area contributed by atoms with E-state index in [1.807, 2.05) is 36.1 Å². The van der Waals surface area contributed by atoms with Crippen LogP contribution in [0.3, 0.4) is 0 Å². The lowest BCUT2D eigenvalue weighted by Crippen LogP contribution is -2.48. The van der Waals surface area contributed by atoms with E-state index in [1.165, 1.54) is 23.1 Å². The maximum atomic E-state index is 12.7. The largest absolute Gasteiger partial charge is 0.383 e. The number of hydrogen-bond acceptors (Lipinski definition) is 8. The number of carbonyl (C=O) groups is 2. The Morgan fingerprint density at radius 3 is 2.76 bits per heavy atom. The van der Waals surface area contributed by atoms with Crippen LogP contribution in [-0.4, -0.2) is 79.1 Å². The summed E-state index contributed by atoms with van der Waals surface area (Å²) < 4.78 is 5.67. The van der Waals surface area contributed by atoms with Crippen LogP contribution in [0.15, 0.2) is 28.6 Å². The van der Waals surface area contributed by atoms with Crippen LogP contribution in [0.1, 0.15) is 15.9 Å². The lowest BCUT2D eigenvalue weighted by Gasteiger charge is -2.34. The number of aromatic nitrogens is 2. The summed E-state index contributed by atoms with van der Waals surface area (Å²) in [6, 6.07) is 7.69. The van der Waals surface area contributed by atoms with Crippen LogP contribution < -0.4 is 10.2 Å². The van der Waals surface area contributed by atoms with Gasteiger partial charge in [0.05, 0.1) is 12.4 Å². The second kappa shape index (κ2) is 10.6. The van der Waals surface area contributed by atoms with Crippen LogP contribution in [0.25, 0.3) is 0 Å². The van der Waals surface area contributed by atoms with Crippen LogP contribution in [-0.2, 0) is 9.53 Å². The molecule has 10 heteroatoms. The molecule has 0 unspecified atom stereocenters. The van der Waals surface area contributed by atoms with Crippen molar-refractivity contribution in [2.24, 2.45) is 0 Å². The first-order chi connectivity index (χ1) is 14.1. The summed E-state index contributed by atoms with van der Waals surface area (Å²) in [5.74, 6) is 0.324. The highest BCUT2D eigenvalue weighted by atomic mass is 32.2. The van der Waals surface area contributed by atoms with Crippen LogP contribution in [0.4, 0.5) is 5.13 Å². The SMILES string of the molecule is COCCNC(=O)CSc1nnc(N2CCN(C(=O)c3cccc(C)c3)CC2)s1. The fourth-order valence-electron chi connectivity index (χ4n) is 2.92. The molecule has 2 aromatic rings. The Morgan fingerprint density at radius 1 is 1.24 bits per heavy atom. The lowest BCUT2D eigenvalue weighted by molar-refractivity contribution is -0.118. The normalized spacial score (nSPS) is 14.1. The fraction of sp³-hybridized carbons (Fsp3) is 0.474. The summed E-state index contributed by atoms with van der Waals surface area (Å²) >= 11 is 2.85. The number of methoxy groups -OCH3 is 1. The quantitative estimate of drug-likeness (QED) is 0.498. The summed E-state index contributed by atoms with van der Waals surface area (Å²) in [6.45, 7) is 5.72. The van der Waals surface area contributed by atoms with E-state index < -0.39 is 0 Å². The van der Waals surface area contributed by atoms with Gasteiger partial charge in [-0.1, -0.05) is 40.8 Å². The number of ether oxygens (including phenoxy) is 1. The van der Waals surface area contributed by atoms with Crippen molar-refractivity contribution in [3.05, 3.63) is 35.4 Å². The third kappa shape index (κ3) is 6.15. The molecule has 1 saturated heterocycles. The zero-order chi connectivity index (χ0) is 20.6. The zero-order valence-corrected chi connectivity index (χ0v) is 18.2. The number of nitrogens with zero attached hydrogens (tertiary/aromatic N) is 4. The van der Waals surface area contributed by atoms with E-state index in [1.54, 1.807) is 7.11 Å². The van der Waals surface area contributed by atoms with Gasteiger partial charge in [-0.25, -0.2) is 0 Å². The monoisotopic (exact) mass is 435 g/mol. The highest BCUT2D eigenvalue weighted by molar-refractivity contribution is 8.01. The van der Waals surface area contributed by atoms with Gasteiger partial charge in [0.15, 0.2) is 4.34 Å². The molecule has 8 nitrogen and oxygen atoms in total. The minimum Gasteiger partial charge on any atom is -0.383 e. The first-order valence-corrected chi connectivity index (χ1v) is 11.2. The highest BCUT2D eigenvalue weighted by Gasteiger charge is 2.24. The molecule has 2 amide bonds. The van der Waals surface area contributed by atoms with Crippen molar-refractivity contribution in [1.29, 1.82) is 0 Å². The zero-order valence-electron chi connectivity index (χ0n) is 16.6. The molecule has 1 aromatic heterocycles. The topological polar surface area (TPSA) is 87.7 Å². The Kier molecular flexibility index (Phi) is 7.84. The fourth-order valence-corrected chi connectivity index (χ4v) is 4.64. The van der Waals surface area contributed by atoms with Gasteiger partial charge in [-0.05, 0) is 19.1 Å². The Morgan fingerprint density at radius 2 is 2.03 bits per heavy atom. The lowest BCUT2D eigenvalue weighted by atomic mass is 10.1. The molecular weight excluding hydrogens is 410 g/mol. The van der Waals surface area contributed by atoms with Gasteiger partial charge >= 0.3 is 0 Å². The Bertz CT molecular complexity index is 837. The van der Waals surface area contributed by atoms with Gasteiger partial charge in [0.25, 0.3) is 5.91 Å². The van der Waals surface area contributed by atoms with Gasteiger partial charge in [0, 0.05) is 45.4 Å². The molecule has 3 rings (SSSR count). The minimum atomic E-state index is -0.0490. The number of benzene rings is 1. The first kappa shape index (κ1) is 21.5. The van der Waals surface area contributed by atoms with E-state index in [0.717, 1.165) is 20.6 Å². The second-order valence-corrected chi connectivity index (χ2v) is 8.81. The van der Waals surface area contributed by atoms with Gasteiger partial charge in [-0.3, -0.25) is 9.59 Å². The molecule has 0 aliphatic carbocycles. The summed E-state index contributed by atoms with van der Waals surface area (Å²) in [4.78, 5) is 28.5. The number of thioether (sulfide) groups is 1. The average molecular weight is 436 g/mol. The number of aryl methyl sites for hydroxylation is 1. The van der Waals surface area contributed by atoms with Gasteiger partial charge in [-0.2, -0.15) is 0 Å². The smallest absolute Gasteiger partial charge is 0.253 e. The average Bonchev–Trinajstić information content (AvgIpc) is 3.21. The number of anilines is 1. The maximum Gasteiger partial charge on any atom is 0.253 e. The van der Waals surface area contributed by atoms with Gasteiger partial charge < -0.3 is 19.9 Å². The van der Waals surface area contributed by atoms with E-state index in [2.05, 4.69) is 20.4 Å². The molecule has 0 atom stereocenters. The third-order valence-electron chi connectivity index (χ3n) is 4.45. The molecule has 0 spiro atoms. The Labute approximate surface area is 178 Å². The van der Waals surface area contributed by atoms with Gasteiger partial charge in [0.2, 0.25) is 11.0 Å². The Balaban J connectivity index is 1.46. The van der Waals surface area contributed by atoms with Crippen molar-refractivity contribution in [2.75, 3.05) is 57.1 Å². The molecular formula is C19H25N5O3S2. The van der Waals surface area contributed by atoms with Crippen LogP contribution in [0.2, 0.25) is 0 Å². The van der Waals surface area contributed by atoms with E-state index in [4.69, 9.17) is 4.74 Å². The molecule has 0 saturated carbocycles. The molecule has 1 aromatic carbocycles. The first-order valence-electron chi connectivity index (χ1n) is 9.39. The van der Waals surface area contributed by atoms with Crippen molar-refractivity contribution < 1.29 is 14.3 Å². The molecule has 0 radical (unpaired) electrons. The predicted octanol–water partition coefficient (Wildman–Crippen LogP) is 1.66. The van der Waals surface area contributed by atoms with E-state index in [9.17, 15) is 9.59 Å². The number of rotatable bonds is 8. The van der Waals surface area contributed by atoms with E-state index >= 15 is 0 Å². The summed E-state index contributed by atoms with van der Waals surface area (Å²) in [5, 5.41) is 12.0. The van der Waals surface area contributed by atoms with Crippen LogP contribution in [0, 0.1) is 6.92 Å². The summed E-state index contributed by atoms with van der Waals surface area (Å²) in [7, 11) is 1.60. The molecule has 2 heterocycles. The van der Waals surface area contributed by atoms with E-state index in [-0.39, 0.29) is 11.8 Å². The molecule has 0 bridgehead atoms. The van der Waals surface area contributed by atoms with E-state index in [0.29, 0.717) is 45.1 Å². The maximum absolute atomic E-state index is 12.7. The van der Waals surface area contributed by atoms with Crippen LogP contribution >= 0.6 is 23.1 Å². The number of carbonyl (C=O) groups excluding carboxylic acids is 2. The van der Waals surface area contributed by atoms with Crippen molar-refractivity contribution >= 4 is 40.0 Å². The molecule has 1 aliphatic rings. The molecule has 1 N–H and O–H groups in total. The minimum absolute atomic E-state index is 0.0490. The number of amides is 2. The van der Waals surface area contributed by atoms with Gasteiger partial charge in [-0.15, -0.1) is 10.2 Å². The van der Waals surface area contributed by atoms with Crippen LogP contribution in [0.5, 0.6) is 0 Å².